The third-order valence-electron chi connectivity index (χ3n) is 1.72. The van der Waals surface area contributed by atoms with Gasteiger partial charge in [-0.3, -0.25) is 0 Å². The standard InChI is InChI=1S/C8H11BO4.C2H6/c1-12-6-3-4-7(9(10)11)8(5-6)13-2;1-2/h3-5,10-11H,1-2H3;1-2H3. The molecule has 0 aromatic heterocycles. The molecule has 0 atom stereocenters. The number of hydrogen-bond acceptors (Lipinski definition) is 4. The van der Waals surface area contributed by atoms with E-state index in [-0.39, 0.29) is 0 Å². The third-order valence-corrected chi connectivity index (χ3v) is 1.72. The van der Waals surface area contributed by atoms with Crippen molar-refractivity contribution in [3.05, 3.63) is 18.2 Å². The van der Waals surface area contributed by atoms with Crippen LogP contribution in [0.3, 0.4) is 0 Å². The molecule has 0 bridgehead atoms. The lowest BCUT2D eigenvalue weighted by Crippen LogP contribution is -2.31. The predicted molar refractivity (Wildman–Crippen MR) is 60.7 cm³/mol. The van der Waals surface area contributed by atoms with Crippen LogP contribution in [0.2, 0.25) is 0 Å². The Morgan fingerprint density at radius 1 is 1.07 bits per heavy atom. The summed E-state index contributed by atoms with van der Waals surface area (Å²) in [6.07, 6.45) is 0. The molecule has 0 aliphatic carbocycles. The van der Waals surface area contributed by atoms with Crippen molar-refractivity contribution < 1.29 is 19.5 Å². The van der Waals surface area contributed by atoms with Gasteiger partial charge in [0.2, 0.25) is 0 Å². The summed E-state index contributed by atoms with van der Waals surface area (Å²) in [5.41, 5.74) is 0.323. The van der Waals surface area contributed by atoms with Gasteiger partial charge in [0.25, 0.3) is 0 Å². The van der Waals surface area contributed by atoms with Gasteiger partial charge in [0, 0.05) is 11.5 Å². The molecule has 0 unspecified atom stereocenters. The van der Waals surface area contributed by atoms with E-state index in [9.17, 15) is 0 Å². The summed E-state index contributed by atoms with van der Waals surface area (Å²) in [5, 5.41) is 17.9. The number of methoxy groups -OCH3 is 2. The van der Waals surface area contributed by atoms with Gasteiger partial charge in [0.05, 0.1) is 14.2 Å². The molecule has 0 aliphatic heterocycles. The van der Waals surface area contributed by atoms with Crippen molar-refractivity contribution in [2.75, 3.05) is 14.2 Å². The van der Waals surface area contributed by atoms with Crippen molar-refractivity contribution in [1.29, 1.82) is 0 Å². The molecule has 0 radical (unpaired) electrons. The quantitative estimate of drug-likeness (QED) is 0.712. The lowest BCUT2D eigenvalue weighted by molar-refractivity contribution is 0.390. The molecule has 0 saturated carbocycles. The van der Waals surface area contributed by atoms with Gasteiger partial charge >= 0.3 is 7.12 Å². The highest BCUT2D eigenvalue weighted by atomic mass is 16.5. The van der Waals surface area contributed by atoms with Gasteiger partial charge in [-0.15, -0.1) is 0 Å². The highest BCUT2D eigenvalue weighted by molar-refractivity contribution is 6.59. The fourth-order valence-electron chi connectivity index (χ4n) is 1.03. The van der Waals surface area contributed by atoms with Crippen LogP contribution < -0.4 is 14.9 Å². The number of ether oxygens (including phenoxy) is 2. The predicted octanol–water partition coefficient (Wildman–Crippen LogP) is 0.410. The van der Waals surface area contributed by atoms with Crippen molar-refractivity contribution in [3.8, 4) is 11.5 Å². The van der Waals surface area contributed by atoms with Gasteiger partial charge in [-0.05, 0) is 6.07 Å². The first-order chi connectivity index (χ1) is 7.19. The maximum atomic E-state index is 8.93. The summed E-state index contributed by atoms with van der Waals surface area (Å²) in [4.78, 5) is 0. The summed E-state index contributed by atoms with van der Waals surface area (Å²) in [6.45, 7) is 4.00. The van der Waals surface area contributed by atoms with Crippen LogP contribution in [0.15, 0.2) is 18.2 Å². The Balaban J connectivity index is 0.000000921. The van der Waals surface area contributed by atoms with Crippen molar-refractivity contribution in [2.24, 2.45) is 0 Å². The summed E-state index contributed by atoms with van der Waals surface area (Å²) in [6, 6.07) is 4.77. The van der Waals surface area contributed by atoms with Crippen LogP contribution in [-0.2, 0) is 0 Å². The first-order valence-corrected chi connectivity index (χ1v) is 4.77. The van der Waals surface area contributed by atoms with Gasteiger partial charge in [0.1, 0.15) is 11.5 Å². The van der Waals surface area contributed by atoms with E-state index in [4.69, 9.17) is 19.5 Å². The minimum absolute atomic E-state index is 0.323. The molecule has 1 rings (SSSR count). The average Bonchev–Trinajstić information content (AvgIpc) is 2.30. The van der Waals surface area contributed by atoms with E-state index in [0.29, 0.717) is 17.0 Å². The van der Waals surface area contributed by atoms with Crippen LogP contribution in [0.4, 0.5) is 0 Å². The van der Waals surface area contributed by atoms with Crippen molar-refractivity contribution in [1.82, 2.24) is 0 Å². The maximum absolute atomic E-state index is 8.93. The van der Waals surface area contributed by atoms with Crippen LogP contribution in [0.25, 0.3) is 0 Å². The first kappa shape index (κ1) is 13.8. The van der Waals surface area contributed by atoms with Crippen LogP contribution in [0.1, 0.15) is 13.8 Å². The van der Waals surface area contributed by atoms with Crippen molar-refractivity contribution in [2.45, 2.75) is 13.8 Å². The summed E-state index contributed by atoms with van der Waals surface area (Å²) in [7, 11) is 1.46. The molecular weight excluding hydrogens is 195 g/mol. The first-order valence-electron chi connectivity index (χ1n) is 4.77. The Labute approximate surface area is 90.6 Å². The molecule has 0 fully saturated rings. The maximum Gasteiger partial charge on any atom is 0.492 e. The molecule has 1 aromatic carbocycles. The zero-order valence-corrected chi connectivity index (χ0v) is 9.52. The zero-order valence-electron chi connectivity index (χ0n) is 9.52. The normalized spacial score (nSPS) is 8.67. The fourth-order valence-corrected chi connectivity index (χ4v) is 1.03. The molecule has 0 heterocycles. The molecule has 84 valence electrons. The smallest absolute Gasteiger partial charge is 0.492 e. The van der Waals surface area contributed by atoms with E-state index >= 15 is 0 Å². The van der Waals surface area contributed by atoms with Gasteiger partial charge in [-0.25, -0.2) is 0 Å². The second-order valence-electron chi connectivity index (χ2n) is 2.48. The summed E-state index contributed by atoms with van der Waals surface area (Å²) in [5.74, 6) is 1.01. The molecule has 15 heavy (non-hydrogen) atoms. The lowest BCUT2D eigenvalue weighted by Gasteiger charge is -2.08. The molecule has 5 heteroatoms. The Hall–Kier alpha value is -1.20. The molecule has 0 saturated heterocycles. The van der Waals surface area contributed by atoms with E-state index in [0.717, 1.165) is 0 Å². The summed E-state index contributed by atoms with van der Waals surface area (Å²) >= 11 is 0. The van der Waals surface area contributed by atoms with Gasteiger partial charge in [-0.1, -0.05) is 19.9 Å². The molecule has 0 amide bonds. The number of benzene rings is 1. The topological polar surface area (TPSA) is 58.9 Å². The monoisotopic (exact) mass is 212 g/mol. The van der Waals surface area contributed by atoms with Crippen LogP contribution in [-0.4, -0.2) is 31.4 Å². The highest BCUT2D eigenvalue weighted by Gasteiger charge is 2.16. The molecule has 0 aliphatic rings. The Kier molecular flexibility index (Phi) is 6.57. The molecule has 4 nitrogen and oxygen atoms in total. The van der Waals surface area contributed by atoms with Gasteiger partial charge < -0.3 is 19.5 Å². The third kappa shape index (κ3) is 3.81. The molecule has 1 aromatic rings. The fraction of sp³-hybridized carbons (Fsp3) is 0.400. The van der Waals surface area contributed by atoms with Crippen LogP contribution in [0, 0.1) is 0 Å². The van der Waals surface area contributed by atoms with Crippen LogP contribution in [0.5, 0.6) is 11.5 Å². The van der Waals surface area contributed by atoms with Crippen molar-refractivity contribution >= 4 is 12.6 Å². The largest absolute Gasteiger partial charge is 0.497 e. The minimum atomic E-state index is -1.53. The second kappa shape index (κ2) is 7.14. The van der Waals surface area contributed by atoms with E-state index in [1.807, 2.05) is 13.8 Å². The van der Waals surface area contributed by atoms with Crippen LogP contribution >= 0.6 is 0 Å². The molecule has 2 N–H and O–H groups in total. The zero-order chi connectivity index (χ0) is 11.8. The average molecular weight is 212 g/mol. The van der Waals surface area contributed by atoms with E-state index in [1.165, 1.54) is 14.2 Å². The molecule has 0 spiro atoms. The van der Waals surface area contributed by atoms with E-state index in [2.05, 4.69) is 0 Å². The minimum Gasteiger partial charge on any atom is -0.497 e. The van der Waals surface area contributed by atoms with Gasteiger partial charge in [0.15, 0.2) is 0 Å². The van der Waals surface area contributed by atoms with Gasteiger partial charge in [-0.2, -0.15) is 0 Å². The highest BCUT2D eigenvalue weighted by Crippen LogP contribution is 2.16. The summed E-state index contributed by atoms with van der Waals surface area (Å²) < 4.78 is 9.90. The van der Waals surface area contributed by atoms with E-state index in [1.54, 1.807) is 18.2 Å². The second-order valence-corrected chi connectivity index (χ2v) is 2.48. The molecular formula is C10H17BO4. The number of rotatable bonds is 3. The van der Waals surface area contributed by atoms with E-state index < -0.39 is 7.12 Å². The van der Waals surface area contributed by atoms with Crippen molar-refractivity contribution in [3.63, 3.8) is 0 Å². The Bertz CT molecular complexity index is 289. The number of hydrogen-bond donors (Lipinski definition) is 2. The lowest BCUT2D eigenvalue weighted by atomic mass is 9.79. The Morgan fingerprint density at radius 2 is 1.67 bits per heavy atom. The Morgan fingerprint density at radius 3 is 2.07 bits per heavy atom. The SMILES string of the molecule is CC.COc1ccc(B(O)O)c(OC)c1.